The van der Waals surface area contributed by atoms with Crippen molar-refractivity contribution >= 4 is 50.8 Å². The van der Waals surface area contributed by atoms with Crippen LogP contribution in [0.2, 0.25) is 5.02 Å². The first-order valence-corrected chi connectivity index (χ1v) is 9.98. The maximum atomic E-state index is 12.6. The molecule has 0 aliphatic carbocycles. The maximum absolute atomic E-state index is 12.6. The fourth-order valence-corrected chi connectivity index (χ4v) is 3.53. The number of aromatic amines is 2. The van der Waals surface area contributed by atoms with Crippen molar-refractivity contribution in [1.82, 2.24) is 15.0 Å². The number of amides is 1. The van der Waals surface area contributed by atoms with E-state index in [1.165, 1.54) is 18.2 Å². The molecule has 0 bridgehead atoms. The molecule has 0 aliphatic rings. The van der Waals surface area contributed by atoms with E-state index in [4.69, 9.17) is 11.6 Å². The number of carbonyl (C=O) groups is 1. The zero-order valence-corrected chi connectivity index (χ0v) is 17.4. The van der Waals surface area contributed by atoms with Gasteiger partial charge in [-0.25, -0.2) is 4.98 Å². The van der Waals surface area contributed by atoms with Gasteiger partial charge in [-0.05, 0) is 48.5 Å². The van der Waals surface area contributed by atoms with Crippen molar-refractivity contribution in [2.24, 2.45) is 10.2 Å². The van der Waals surface area contributed by atoms with Gasteiger partial charge in [-0.3, -0.25) is 14.9 Å². The number of halogens is 1. The van der Waals surface area contributed by atoms with Gasteiger partial charge in [0.15, 0.2) is 5.69 Å². The number of fused-ring (bicyclic) bond motifs is 2. The number of carbonyl (C=O) groups excluding carboxylic acids is 1. The molecule has 10 nitrogen and oxygen atoms in total. The van der Waals surface area contributed by atoms with Gasteiger partial charge < -0.3 is 15.1 Å². The number of aromatic nitrogens is 3. The standard InChI is InChI=1S/C22H13ClN6O4/c23-13-4-1-11(2-5-13)20-24-17-7-3-12(9-18(17)25-20)21(30)28-27-19-15-10-14(29(32)33)6-8-16(15)26-22(19)31/h1-10,26,31H,(H,24,25). The molecular weight excluding hydrogens is 448 g/mol. The molecule has 2 aromatic heterocycles. The van der Waals surface area contributed by atoms with E-state index in [1.807, 2.05) is 12.1 Å². The Balaban J connectivity index is 1.45. The third kappa shape index (κ3) is 3.79. The molecule has 0 saturated carbocycles. The summed E-state index contributed by atoms with van der Waals surface area (Å²) < 4.78 is 0. The number of imidazole rings is 1. The zero-order chi connectivity index (χ0) is 23.1. The van der Waals surface area contributed by atoms with E-state index in [2.05, 4.69) is 25.2 Å². The van der Waals surface area contributed by atoms with Crippen LogP contribution in [0.5, 0.6) is 5.88 Å². The van der Waals surface area contributed by atoms with Crippen LogP contribution in [0.4, 0.5) is 11.4 Å². The van der Waals surface area contributed by atoms with Crippen molar-refractivity contribution in [3.8, 4) is 17.3 Å². The van der Waals surface area contributed by atoms with Crippen LogP contribution in [0.15, 0.2) is 70.9 Å². The Kier molecular flexibility index (Phi) is 4.83. The van der Waals surface area contributed by atoms with E-state index in [9.17, 15) is 20.0 Å². The molecule has 2 heterocycles. The van der Waals surface area contributed by atoms with Crippen LogP contribution in [0.25, 0.3) is 33.3 Å². The lowest BCUT2D eigenvalue weighted by molar-refractivity contribution is -0.384. The monoisotopic (exact) mass is 460 g/mol. The molecule has 33 heavy (non-hydrogen) atoms. The number of hydrogen-bond donors (Lipinski definition) is 3. The number of nitro groups is 1. The van der Waals surface area contributed by atoms with E-state index in [0.29, 0.717) is 27.4 Å². The first kappa shape index (κ1) is 20.3. The Labute approximate surface area is 189 Å². The average Bonchev–Trinajstić information content (AvgIpc) is 3.37. The number of rotatable bonds is 4. The van der Waals surface area contributed by atoms with Crippen LogP contribution >= 0.6 is 11.6 Å². The highest BCUT2D eigenvalue weighted by Gasteiger charge is 2.16. The first-order valence-electron chi connectivity index (χ1n) is 9.60. The molecule has 5 aromatic rings. The summed E-state index contributed by atoms with van der Waals surface area (Å²) in [5.41, 5.74) is 2.57. The fraction of sp³-hybridized carbons (Fsp3) is 0. The molecule has 0 spiro atoms. The highest BCUT2D eigenvalue weighted by molar-refractivity contribution is 6.30. The summed E-state index contributed by atoms with van der Waals surface area (Å²) in [6, 6.07) is 16.0. The number of azo groups is 1. The van der Waals surface area contributed by atoms with Gasteiger partial charge in [0.05, 0.1) is 21.5 Å². The highest BCUT2D eigenvalue weighted by atomic mass is 35.5. The molecule has 0 atom stereocenters. The van der Waals surface area contributed by atoms with Crippen LogP contribution in [0, 0.1) is 10.1 Å². The van der Waals surface area contributed by atoms with Crippen molar-refractivity contribution in [1.29, 1.82) is 0 Å². The van der Waals surface area contributed by atoms with Crippen LogP contribution in [-0.2, 0) is 0 Å². The topological polar surface area (TPSA) is 150 Å². The SMILES string of the molecule is O=C(N=Nc1c(O)[nH]c2ccc([N+](=O)[O-])cc12)c1ccc2nc(-c3ccc(Cl)cc3)[nH]c2c1. The second-order valence-corrected chi connectivity index (χ2v) is 7.58. The summed E-state index contributed by atoms with van der Waals surface area (Å²) in [5.74, 6) is -0.379. The predicted molar refractivity (Wildman–Crippen MR) is 122 cm³/mol. The second kappa shape index (κ2) is 7.84. The minimum Gasteiger partial charge on any atom is -0.493 e. The molecule has 0 aliphatic heterocycles. The molecule has 11 heteroatoms. The number of nitro benzene ring substituents is 1. The van der Waals surface area contributed by atoms with Gasteiger partial charge in [-0.2, -0.15) is 0 Å². The summed E-state index contributed by atoms with van der Waals surface area (Å²) in [6.45, 7) is 0. The number of nitrogens with one attached hydrogen (secondary N) is 2. The summed E-state index contributed by atoms with van der Waals surface area (Å²) in [5, 5.41) is 29.6. The van der Waals surface area contributed by atoms with Crippen molar-refractivity contribution in [3.05, 3.63) is 81.4 Å². The molecule has 0 fully saturated rings. The Morgan fingerprint density at radius 3 is 2.58 bits per heavy atom. The van der Waals surface area contributed by atoms with Gasteiger partial charge in [0, 0.05) is 33.7 Å². The van der Waals surface area contributed by atoms with E-state index >= 15 is 0 Å². The lowest BCUT2D eigenvalue weighted by Crippen LogP contribution is -1.93. The van der Waals surface area contributed by atoms with E-state index in [0.717, 1.165) is 5.56 Å². The fourth-order valence-electron chi connectivity index (χ4n) is 3.41. The quantitative estimate of drug-likeness (QED) is 0.173. The molecule has 162 valence electrons. The molecular formula is C22H13ClN6O4. The summed E-state index contributed by atoms with van der Waals surface area (Å²) >= 11 is 5.93. The average molecular weight is 461 g/mol. The predicted octanol–water partition coefficient (Wildman–Crippen LogP) is 5.90. The van der Waals surface area contributed by atoms with Gasteiger partial charge >= 0.3 is 0 Å². The van der Waals surface area contributed by atoms with E-state index in [-0.39, 0.29) is 28.2 Å². The smallest absolute Gasteiger partial charge is 0.295 e. The van der Waals surface area contributed by atoms with Gasteiger partial charge in [0.1, 0.15) is 5.82 Å². The van der Waals surface area contributed by atoms with Gasteiger partial charge in [-0.15, -0.1) is 10.2 Å². The van der Waals surface area contributed by atoms with Crippen LogP contribution in [0.3, 0.4) is 0 Å². The number of hydrogen-bond acceptors (Lipinski definition) is 6. The Hall–Kier alpha value is -4.57. The van der Waals surface area contributed by atoms with Crippen LogP contribution < -0.4 is 0 Å². The summed E-state index contributed by atoms with van der Waals surface area (Å²) in [6.07, 6.45) is 0. The maximum Gasteiger partial charge on any atom is 0.295 e. The van der Waals surface area contributed by atoms with Gasteiger partial charge in [0.25, 0.3) is 11.6 Å². The second-order valence-electron chi connectivity index (χ2n) is 7.14. The molecule has 0 radical (unpaired) electrons. The minimum atomic E-state index is -0.654. The molecule has 0 saturated heterocycles. The van der Waals surface area contributed by atoms with Gasteiger partial charge in [0.2, 0.25) is 5.88 Å². The van der Waals surface area contributed by atoms with Crippen molar-refractivity contribution < 1.29 is 14.8 Å². The Morgan fingerprint density at radius 2 is 1.82 bits per heavy atom. The van der Waals surface area contributed by atoms with Crippen LogP contribution in [-0.4, -0.2) is 30.9 Å². The summed E-state index contributed by atoms with van der Waals surface area (Å²) in [7, 11) is 0. The van der Waals surface area contributed by atoms with Crippen molar-refractivity contribution in [2.45, 2.75) is 0 Å². The lowest BCUT2D eigenvalue weighted by Gasteiger charge is -1.96. The third-order valence-corrected chi connectivity index (χ3v) is 5.29. The normalized spacial score (nSPS) is 11.5. The lowest BCUT2D eigenvalue weighted by atomic mass is 10.2. The number of benzene rings is 3. The molecule has 5 rings (SSSR count). The largest absolute Gasteiger partial charge is 0.493 e. The minimum absolute atomic E-state index is 0.0605. The number of H-pyrrole nitrogens is 2. The van der Waals surface area contributed by atoms with Crippen molar-refractivity contribution in [3.63, 3.8) is 0 Å². The molecule has 3 N–H and O–H groups in total. The highest BCUT2D eigenvalue weighted by Crippen LogP contribution is 2.37. The Morgan fingerprint density at radius 1 is 1.03 bits per heavy atom. The van der Waals surface area contributed by atoms with E-state index < -0.39 is 10.8 Å². The summed E-state index contributed by atoms with van der Waals surface area (Å²) in [4.78, 5) is 33.4. The Bertz CT molecular complexity index is 1590. The van der Waals surface area contributed by atoms with Crippen LogP contribution in [0.1, 0.15) is 10.4 Å². The molecule has 3 aromatic carbocycles. The third-order valence-electron chi connectivity index (χ3n) is 5.03. The molecule has 0 unspecified atom stereocenters. The molecule has 1 amide bonds. The van der Waals surface area contributed by atoms with E-state index in [1.54, 1.807) is 30.3 Å². The van der Waals surface area contributed by atoms with Crippen molar-refractivity contribution in [2.75, 3.05) is 0 Å². The van der Waals surface area contributed by atoms with Gasteiger partial charge in [-0.1, -0.05) is 11.6 Å². The number of aromatic hydroxyl groups is 1. The number of non-ortho nitro benzene ring substituents is 1. The first-order chi connectivity index (χ1) is 15.9. The zero-order valence-electron chi connectivity index (χ0n) is 16.6. The number of nitrogens with zero attached hydrogens (tertiary/aromatic N) is 4.